The van der Waals surface area contributed by atoms with Gasteiger partial charge < -0.3 is 19.5 Å². The van der Waals surface area contributed by atoms with Crippen molar-refractivity contribution < 1.29 is 14.7 Å². The molecule has 1 N–H and O–H groups in total. The second-order valence-corrected chi connectivity index (χ2v) is 10.9. The normalized spacial score (nSPS) is 14.1. The van der Waals surface area contributed by atoms with Gasteiger partial charge in [-0.1, -0.05) is 43.5 Å². The average molecular weight is 531 g/mol. The SMILES string of the molecule is CCN(c1ccccc1)c1nc(-c2c(C3CCCCC3)c3ccc(C(=O)O)cc3n2CC(=O)N(C)C)cs1. The molecule has 5 rings (SSSR count). The topological polar surface area (TPSA) is 78.7 Å². The molecule has 0 radical (unpaired) electrons. The van der Waals surface area contributed by atoms with E-state index >= 15 is 0 Å². The molecule has 0 atom stereocenters. The van der Waals surface area contributed by atoms with Gasteiger partial charge in [-0.3, -0.25) is 4.79 Å². The average Bonchev–Trinajstić information content (AvgIpc) is 3.53. The zero-order valence-corrected chi connectivity index (χ0v) is 23.0. The third kappa shape index (κ3) is 4.92. The molecule has 1 aliphatic carbocycles. The molecule has 1 amide bonds. The first kappa shape index (κ1) is 26.0. The summed E-state index contributed by atoms with van der Waals surface area (Å²) in [7, 11) is 3.50. The van der Waals surface area contributed by atoms with Crippen molar-refractivity contribution in [2.75, 3.05) is 25.5 Å². The molecule has 0 bridgehead atoms. The molecule has 2 heterocycles. The van der Waals surface area contributed by atoms with Crippen LogP contribution in [0.5, 0.6) is 0 Å². The first-order valence-corrected chi connectivity index (χ1v) is 14.1. The van der Waals surface area contributed by atoms with E-state index in [2.05, 4.69) is 29.3 Å². The molecular formula is C30H34N4O3S. The summed E-state index contributed by atoms with van der Waals surface area (Å²) < 4.78 is 2.01. The summed E-state index contributed by atoms with van der Waals surface area (Å²) in [6.07, 6.45) is 5.73. The van der Waals surface area contributed by atoms with E-state index in [1.807, 2.05) is 28.8 Å². The maximum absolute atomic E-state index is 13.1. The molecule has 198 valence electrons. The van der Waals surface area contributed by atoms with Crippen molar-refractivity contribution in [3.8, 4) is 11.4 Å². The summed E-state index contributed by atoms with van der Waals surface area (Å²) in [5, 5.41) is 13.7. The quantitative estimate of drug-likeness (QED) is 0.272. The third-order valence-corrected chi connectivity index (χ3v) is 8.37. The summed E-state index contributed by atoms with van der Waals surface area (Å²) >= 11 is 1.59. The van der Waals surface area contributed by atoms with Crippen LogP contribution < -0.4 is 4.90 Å². The lowest BCUT2D eigenvalue weighted by Gasteiger charge is -2.23. The highest BCUT2D eigenvalue weighted by molar-refractivity contribution is 7.14. The lowest BCUT2D eigenvalue weighted by atomic mass is 9.82. The second-order valence-electron chi connectivity index (χ2n) is 10.1. The van der Waals surface area contributed by atoms with Crippen LogP contribution >= 0.6 is 11.3 Å². The van der Waals surface area contributed by atoms with Crippen molar-refractivity contribution in [3.05, 3.63) is 65.0 Å². The smallest absolute Gasteiger partial charge is 0.335 e. The van der Waals surface area contributed by atoms with Gasteiger partial charge in [0.25, 0.3) is 0 Å². The lowest BCUT2D eigenvalue weighted by Crippen LogP contribution is -2.26. The highest BCUT2D eigenvalue weighted by atomic mass is 32.1. The summed E-state index contributed by atoms with van der Waals surface area (Å²) in [6.45, 7) is 3.01. The standard InChI is InChI=1S/C30H34N4O3S/c1-4-33(22-13-9-6-10-14-22)30-31-24(19-38-30)28-27(20-11-7-5-8-12-20)23-16-15-21(29(36)37)17-25(23)34(28)18-26(35)32(2)3/h6,9-10,13-17,19-20H,4-5,7-8,11-12,18H2,1-3H3,(H,36,37). The number of aromatic carboxylic acids is 1. The van der Waals surface area contributed by atoms with Gasteiger partial charge in [0.05, 0.1) is 16.8 Å². The molecule has 38 heavy (non-hydrogen) atoms. The minimum absolute atomic E-state index is 0.0472. The molecule has 1 fully saturated rings. The molecule has 2 aromatic heterocycles. The fourth-order valence-corrected chi connectivity index (χ4v) is 6.46. The van der Waals surface area contributed by atoms with Crippen LogP contribution in [0.3, 0.4) is 0 Å². The number of rotatable bonds is 8. The Hall–Kier alpha value is -3.65. The van der Waals surface area contributed by atoms with E-state index < -0.39 is 5.97 Å². The number of carbonyl (C=O) groups is 2. The van der Waals surface area contributed by atoms with Crippen LogP contribution in [-0.2, 0) is 11.3 Å². The van der Waals surface area contributed by atoms with Crippen LogP contribution in [0.25, 0.3) is 22.3 Å². The second kappa shape index (κ2) is 11.0. The first-order valence-electron chi connectivity index (χ1n) is 13.3. The summed E-state index contributed by atoms with van der Waals surface area (Å²) in [4.78, 5) is 33.8. The Kier molecular flexibility index (Phi) is 7.51. The van der Waals surface area contributed by atoms with E-state index in [1.165, 1.54) is 24.8 Å². The van der Waals surface area contributed by atoms with Crippen molar-refractivity contribution in [1.29, 1.82) is 0 Å². The number of carboxylic acid groups (broad SMARTS) is 1. The van der Waals surface area contributed by atoms with E-state index in [4.69, 9.17) is 4.98 Å². The molecule has 1 aliphatic rings. The summed E-state index contributed by atoms with van der Waals surface area (Å²) in [5.74, 6) is -0.681. The van der Waals surface area contributed by atoms with Gasteiger partial charge in [-0.25, -0.2) is 9.78 Å². The van der Waals surface area contributed by atoms with Gasteiger partial charge in [-0.15, -0.1) is 11.3 Å². The monoisotopic (exact) mass is 530 g/mol. The van der Waals surface area contributed by atoms with Crippen LogP contribution in [0, 0.1) is 0 Å². The number of carboxylic acids is 1. The molecule has 2 aromatic carbocycles. The Balaban J connectivity index is 1.73. The number of anilines is 2. The van der Waals surface area contributed by atoms with Crippen molar-refractivity contribution in [2.45, 2.75) is 51.5 Å². The van der Waals surface area contributed by atoms with E-state index in [0.717, 1.165) is 52.5 Å². The fraction of sp³-hybridized carbons (Fsp3) is 0.367. The lowest BCUT2D eigenvalue weighted by molar-refractivity contribution is -0.129. The zero-order valence-electron chi connectivity index (χ0n) is 22.2. The number of amides is 1. The Bertz CT molecular complexity index is 1450. The number of likely N-dealkylation sites (N-methyl/N-ethyl adjacent to an activating group) is 1. The highest BCUT2D eigenvalue weighted by Gasteiger charge is 2.29. The zero-order chi connectivity index (χ0) is 26.8. The van der Waals surface area contributed by atoms with Crippen molar-refractivity contribution in [1.82, 2.24) is 14.5 Å². The highest BCUT2D eigenvalue weighted by Crippen LogP contribution is 2.45. The fourth-order valence-electron chi connectivity index (χ4n) is 5.56. The van der Waals surface area contributed by atoms with Gasteiger partial charge in [0.15, 0.2) is 5.13 Å². The molecular weight excluding hydrogens is 496 g/mol. The summed E-state index contributed by atoms with van der Waals surface area (Å²) in [6, 6.07) is 15.5. The number of fused-ring (bicyclic) bond motifs is 1. The number of nitrogens with zero attached hydrogens (tertiary/aromatic N) is 4. The van der Waals surface area contributed by atoms with Gasteiger partial charge in [0.1, 0.15) is 12.2 Å². The number of hydrogen-bond donors (Lipinski definition) is 1. The number of benzene rings is 2. The largest absolute Gasteiger partial charge is 0.478 e. The Morgan fingerprint density at radius 2 is 1.82 bits per heavy atom. The Labute approximate surface area is 227 Å². The maximum Gasteiger partial charge on any atom is 0.335 e. The molecule has 0 saturated heterocycles. The van der Waals surface area contributed by atoms with E-state index in [1.54, 1.807) is 42.5 Å². The molecule has 1 saturated carbocycles. The van der Waals surface area contributed by atoms with Crippen LogP contribution in [0.4, 0.5) is 10.8 Å². The predicted octanol–water partition coefficient (Wildman–Crippen LogP) is 6.76. The molecule has 0 spiro atoms. The Morgan fingerprint density at radius 1 is 1.08 bits per heavy atom. The maximum atomic E-state index is 13.1. The number of carbonyl (C=O) groups excluding carboxylic acids is 1. The van der Waals surface area contributed by atoms with Gasteiger partial charge in [-0.05, 0) is 55.5 Å². The van der Waals surface area contributed by atoms with Crippen LogP contribution in [0.1, 0.15) is 60.9 Å². The third-order valence-electron chi connectivity index (χ3n) is 7.51. The van der Waals surface area contributed by atoms with Crippen LogP contribution in [0.15, 0.2) is 53.9 Å². The number of thiazole rings is 1. The molecule has 8 heteroatoms. The number of aromatic nitrogens is 2. The first-order chi connectivity index (χ1) is 18.4. The van der Waals surface area contributed by atoms with Crippen molar-refractivity contribution in [2.24, 2.45) is 0 Å². The van der Waals surface area contributed by atoms with Crippen molar-refractivity contribution >= 4 is 44.9 Å². The Morgan fingerprint density at radius 3 is 2.47 bits per heavy atom. The minimum Gasteiger partial charge on any atom is -0.478 e. The van der Waals surface area contributed by atoms with E-state index in [9.17, 15) is 14.7 Å². The van der Waals surface area contributed by atoms with E-state index in [0.29, 0.717) is 5.92 Å². The van der Waals surface area contributed by atoms with Gasteiger partial charge in [-0.2, -0.15) is 0 Å². The van der Waals surface area contributed by atoms with Crippen molar-refractivity contribution in [3.63, 3.8) is 0 Å². The number of para-hydroxylation sites is 1. The molecule has 7 nitrogen and oxygen atoms in total. The van der Waals surface area contributed by atoms with Crippen LogP contribution in [-0.4, -0.2) is 52.1 Å². The number of hydrogen-bond acceptors (Lipinski definition) is 5. The minimum atomic E-state index is -0.975. The predicted molar refractivity (Wildman–Crippen MR) is 154 cm³/mol. The van der Waals surface area contributed by atoms with Crippen LogP contribution in [0.2, 0.25) is 0 Å². The molecule has 4 aromatic rings. The molecule has 0 aliphatic heterocycles. The summed E-state index contributed by atoms with van der Waals surface area (Å²) in [5.41, 5.74) is 5.05. The van der Waals surface area contributed by atoms with Gasteiger partial charge in [0, 0.05) is 37.1 Å². The van der Waals surface area contributed by atoms with E-state index in [-0.39, 0.29) is 18.0 Å². The van der Waals surface area contributed by atoms with Gasteiger partial charge in [0.2, 0.25) is 5.91 Å². The van der Waals surface area contributed by atoms with Gasteiger partial charge >= 0.3 is 5.97 Å². The molecule has 0 unspecified atom stereocenters.